The first kappa shape index (κ1) is 24.5. The lowest BCUT2D eigenvalue weighted by Gasteiger charge is -2.35. The number of carbonyl (C=O) groups excluding carboxylic acids is 1. The van der Waals surface area contributed by atoms with Crippen LogP contribution in [0, 0.1) is 0 Å². The van der Waals surface area contributed by atoms with Crippen molar-refractivity contribution in [1.29, 1.82) is 0 Å². The number of carbonyl (C=O) groups is 1. The average Bonchev–Trinajstić information content (AvgIpc) is 2.92. The van der Waals surface area contributed by atoms with Crippen molar-refractivity contribution in [2.24, 2.45) is 0 Å². The molecule has 1 saturated heterocycles. The van der Waals surface area contributed by atoms with Gasteiger partial charge < -0.3 is 14.5 Å². The molecule has 0 bridgehead atoms. The molecule has 0 aliphatic carbocycles. The maximum Gasteiger partial charge on any atom is 0.260 e. The fourth-order valence-corrected chi connectivity index (χ4v) is 4.74. The topological polar surface area (TPSA) is 84.3 Å². The van der Waals surface area contributed by atoms with Gasteiger partial charge in [-0.15, -0.1) is 0 Å². The molecule has 1 fully saturated rings. The molecule has 4 aromatic rings. The van der Waals surface area contributed by atoms with E-state index in [1.807, 2.05) is 36.6 Å². The van der Waals surface area contributed by atoms with Crippen LogP contribution in [0.25, 0.3) is 22.4 Å². The molecule has 1 amide bonds. The summed E-state index contributed by atoms with van der Waals surface area (Å²) in [7, 11) is 0. The molecule has 2 aromatic heterocycles. The van der Waals surface area contributed by atoms with Gasteiger partial charge in [-0.25, -0.2) is 19.9 Å². The minimum absolute atomic E-state index is 0.0969. The van der Waals surface area contributed by atoms with Crippen LogP contribution in [0.3, 0.4) is 0 Å². The Bertz CT molecular complexity index is 1400. The van der Waals surface area contributed by atoms with E-state index < -0.39 is 0 Å². The molecule has 184 valence electrons. The number of nitrogens with zero attached hydrogens (tertiary/aromatic N) is 6. The van der Waals surface area contributed by atoms with Crippen molar-refractivity contribution in [3.8, 4) is 17.0 Å². The average molecular weight is 541 g/mol. The lowest BCUT2D eigenvalue weighted by atomic mass is 10.1. The Balaban J connectivity index is 1.31. The number of benzene rings is 2. The van der Waals surface area contributed by atoms with Crippen LogP contribution in [0.15, 0.2) is 59.9 Å². The molecule has 36 heavy (non-hydrogen) atoms. The van der Waals surface area contributed by atoms with Gasteiger partial charge in [0, 0.05) is 36.8 Å². The molecular weight excluding hydrogens is 519 g/mol. The van der Waals surface area contributed by atoms with Crippen LogP contribution in [0.2, 0.25) is 10.0 Å². The number of ether oxygens (including phenoxy) is 1. The molecule has 2 aromatic carbocycles. The predicted octanol–water partition coefficient (Wildman–Crippen LogP) is 4.84. The molecule has 0 atom stereocenters. The Morgan fingerprint density at radius 3 is 2.53 bits per heavy atom. The van der Waals surface area contributed by atoms with E-state index in [0.717, 1.165) is 17.1 Å². The highest BCUT2D eigenvalue weighted by molar-refractivity contribution is 7.98. The third-order valence-corrected chi connectivity index (χ3v) is 6.88. The maximum absolute atomic E-state index is 12.8. The zero-order valence-corrected chi connectivity index (χ0v) is 21.7. The van der Waals surface area contributed by atoms with Crippen LogP contribution < -0.4 is 9.64 Å². The zero-order chi connectivity index (χ0) is 25.1. The van der Waals surface area contributed by atoms with E-state index >= 15 is 0 Å². The van der Waals surface area contributed by atoms with Gasteiger partial charge in [-0.2, -0.15) is 0 Å². The maximum atomic E-state index is 12.8. The summed E-state index contributed by atoms with van der Waals surface area (Å²) in [5.41, 5.74) is 2.94. The summed E-state index contributed by atoms with van der Waals surface area (Å²) in [4.78, 5) is 35.4. The highest BCUT2D eigenvalue weighted by Gasteiger charge is 2.25. The number of piperazine rings is 1. The summed E-state index contributed by atoms with van der Waals surface area (Å²) in [5.74, 6) is 1.05. The molecule has 5 rings (SSSR count). The summed E-state index contributed by atoms with van der Waals surface area (Å²) < 4.78 is 5.62. The van der Waals surface area contributed by atoms with Crippen molar-refractivity contribution in [2.75, 3.05) is 43.9 Å². The fourth-order valence-electron chi connectivity index (χ4n) is 3.92. The van der Waals surface area contributed by atoms with Crippen molar-refractivity contribution in [1.82, 2.24) is 24.8 Å². The largest absolute Gasteiger partial charge is 0.482 e. The van der Waals surface area contributed by atoms with E-state index in [4.69, 9.17) is 37.9 Å². The first-order valence-corrected chi connectivity index (χ1v) is 13.2. The Labute approximate surface area is 222 Å². The number of rotatable bonds is 6. The molecule has 3 heterocycles. The van der Waals surface area contributed by atoms with Crippen molar-refractivity contribution in [2.45, 2.75) is 5.16 Å². The van der Waals surface area contributed by atoms with Gasteiger partial charge in [-0.05, 0) is 24.5 Å². The summed E-state index contributed by atoms with van der Waals surface area (Å²) >= 11 is 13.5. The summed E-state index contributed by atoms with van der Waals surface area (Å²) in [6.45, 7) is 2.17. The van der Waals surface area contributed by atoms with Gasteiger partial charge in [0.05, 0.1) is 16.9 Å². The fraction of sp³-hybridized carbons (Fsp3) is 0.240. The summed E-state index contributed by atoms with van der Waals surface area (Å²) in [6.07, 6.45) is 3.67. The Hall–Kier alpha value is -3.14. The second-order valence-corrected chi connectivity index (χ2v) is 9.68. The molecule has 0 saturated carbocycles. The van der Waals surface area contributed by atoms with Gasteiger partial charge in [0.15, 0.2) is 28.7 Å². The van der Waals surface area contributed by atoms with Crippen LogP contribution in [-0.2, 0) is 4.79 Å². The summed E-state index contributed by atoms with van der Waals surface area (Å²) in [6, 6.07) is 14.8. The van der Waals surface area contributed by atoms with E-state index in [1.165, 1.54) is 11.8 Å². The smallest absolute Gasteiger partial charge is 0.260 e. The van der Waals surface area contributed by atoms with E-state index in [0.29, 0.717) is 58.3 Å². The first-order chi connectivity index (χ1) is 17.5. The molecule has 1 aliphatic rings. The molecule has 0 spiro atoms. The molecule has 0 N–H and O–H groups in total. The van der Waals surface area contributed by atoms with E-state index in [-0.39, 0.29) is 12.5 Å². The third-order valence-electron chi connectivity index (χ3n) is 5.80. The second-order valence-electron chi connectivity index (χ2n) is 8.06. The first-order valence-electron chi connectivity index (χ1n) is 11.3. The number of fused-ring (bicyclic) bond motifs is 1. The Kier molecular flexibility index (Phi) is 7.41. The summed E-state index contributed by atoms with van der Waals surface area (Å²) in [5, 5.41) is 1.51. The van der Waals surface area contributed by atoms with Gasteiger partial charge in [-0.3, -0.25) is 4.79 Å². The molecule has 0 radical (unpaired) electrons. The van der Waals surface area contributed by atoms with Crippen molar-refractivity contribution in [3.05, 3.63) is 64.8 Å². The number of anilines is 1. The number of halogens is 2. The number of thioether (sulfide) groups is 1. The highest BCUT2D eigenvalue weighted by Crippen LogP contribution is 2.29. The number of aromatic nitrogens is 4. The number of amides is 1. The van der Waals surface area contributed by atoms with Gasteiger partial charge in [0.25, 0.3) is 5.91 Å². The van der Waals surface area contributed by atoms with E-state index in [2.05, 4.69) is 14.9 Å². The van der Waals surface area contributed by atoms with E-state index in [9.17, 15) is 4.79 Å². The predicted molar refractivity (Wildman–Crippen MR) is 143 cm³/mol. The SMILES string of the molecule is CSc1nc(N2CCN(C(=O)COc3ccc(Cl)cc3Cl)CC2)c2nc(-c3ccccc3)cnc2n1. The van der Waals surface area contributed by atoms with Gasteiger partial charge in [0.2, 0.25) is 0 Å². The number of hydrogen-bond acceptors (Lipinski definition) is 8. The minimum Gasteiger partial charge on any atom is -0.482 e. The quantitative estimate of drug-likeness (QED) is 0.253. The highest BCUT2D eigenvalue weighted by atomic mass is 35.5. The van der Waals surface area contributed by atoms with Crippen LogP contribution in [0.5, 0.6) is 5.75 Å². The van der Waals surface area contributed by atoms with Crippen LogP contribution in [-0.4, -0.2) is 69.8 Å². The monoisotopic (exact) mass is 540 g/mol. The normalized spacial score (nSPS) is 13.8. The molecular formula is C25H22Cl2N6O2S. The Morgan fingerprint density at radius 2 is 1.81 bits per heavy atom. The van der Waals surface area contributed by atoms with Crippen molar-refractivity contribution >= 4 is 57.9 Å². The lowest BCUT2D eigenvalue weighted by Crippen LogP contribution is -2.50. The van der Waals surface area contributed by atoms with E-state index in [1.54, 1.807) is 29.3 Å². The molecule has 0 unspecified atom stereocenters. The van der Waals surface area contributed by atoms with Crippen LogP contribution in [0.1, 0.15) is 0 Å². The number of hydrogen-bond donors (Lipinski definition) is 0. The second kappa shape index (κ2) is 10.9. The van der Waals surface area contributed by atoms with Crippen LogP contribution in [0.4, 0.5) is 5.82 Å². The minimum atomic E-state index is -0.107. The lowest BCUT2D eigenvalue weighted by molar-refractivity contribution is -0.133. The molecule has 8 nitrogen and oxygen atoms in total. The standard InChI is InChI=1S/C25H22Cl2N6O2S/c1-36-25-30-23-22(29-19(14-28-23)16-5-3-2-4-6-16)24(31-25)33-11-9-32(10-12-33)21(34)15-35-20-8-7-17(26)13-18(20)27/h2-8,13-14H,9-12,15H2,1H3. The Morgan fingerprint density at radius 1 is 1.03 bits per heavy atom. The van der Waals surface area contributed by atoms with Gasteiger partial charge in [-0.1, -0.05) is 65.3 Å². The van der Waals surface area contributed by atoms with Crippen molar-refractivity contribution < 1.29 is 9.53 Å². The molecule has 11 heteroatoms. The van der Waals surface area contributed by atoms with Gasteiger partial charge >= 0.3 is 0 Å². The van der Waals surface area contributed by atoms with Gasteiger partial charge in [0.1, 0.15) is 5.75 Å². The van der Waals surface area contributed by atoms with Crippen molar-refractivity contribution in [3.63, 3.8) is 0 Å². The zero-order valence-electron chi connectivity index (χ0n) is 19.4. The third kappa shape index (κ3) is 5.33. The van der Waals surface area contributed by atoms with Crippen LogP contribution >= 0.6 is 35.0 Å². The molecule has 1 aliphatic heterocycles.